The summed E-state index contributed by atoms with van der Waals surface area (Å²) in [5.74, 6) is -0.185. The van der Waals surface area contributed by atoms with Crippen LogP contribution in [0.2, 0.25) is 0 Å². The normalized spacial score (nSPS) is 14.8. The van der Waals surface area contributed by atoms with Crippen molar-refractivity contribution in [2.75, 3.05) is 40.9 Å². The number of quaternary nitrogens is 1. The third-order valence-corrected chi connectivity index (χ3v) is 12.8. The quantitative estimate of drug-likeness (QED) is 0.0243. The van der Waals surface area contributed by atoms with E-state index in [9.17, 15) is 19.4 Å². The lowest BCUT2D eigenvalue weighted by atomic mass is 10.0. The Balaban J connectivity index is 4.14. The maximum atomic E-state index is 12.9. The summed E-state index contributed by atoms with van der Waals surface area (Å²) in [5, 5.41) is 13.9. The predicted molar refractivity (Wildman–Crippen MR) is 295 cm³/mol. The number of amides is 1. The van der Waals surface area contributed by atoms with E-state index in [0.29, 0.717) is 17.4 Å². The van der Waals surface area contributed by atoms with E-state index in [0.717, 1.165) is 83.5 Å². The van der Waals surface area contributed by atoms with Crippen LogP contribution in [0.5, 0.6) is 0 Å². The number of carbonyl (C=O) groups is 1. The van der Waals surface area contributed by atoms with E-state index in [1.807, 2.05) is 27.2 Å². The molecule has 68 heavy (non-hydrogen) atoms. The lowest BCUT2D eigenvalue weighted by Gasteiger charge is -2.25. The van der Waals surface area contributed by atoms with Gasteiger partial charge in [-0.3, -0.25) is 13.8 Å². The van der Waals surface area contributed by atoms with E-state index in [2.05, 4.69) is 104 Å². The zero-order valence-electron chi connectivity index (χ0n) is 44.6. The third kappa shape index (κ3) is 51.3. The fourth-order valence-corrected chi connectivity index (χ4v) is 8.23. The summed E-state index contributed by atoms with van der Waals surface area (Å²) < 4.78 is 23.6. The highest BCUT2D eigenvalue weighted by Gasteiger charge is 2.27. The van der Waals surface area contributed by atoms with Gasteiger partial charge in [0.1, 0.15) is 13.2 Å². The maximum absolute atomic E-state index is 12.9. The highest BCUT2D eigenvalue weighted by atomic mass is 31.2. The molecule has 0 fully saturated rings. The second-order valence-corrected chi connectivity index (χ2v) is 21.0. The van der Waals surface area contributed by atoms with Crippen LogP contribution in [0, 0.1) is 0 Å². The largest absolute Gasteiger partial charge is 0.472 e. The van der Waals surface area contributed by atoms with Gasteiger partial charge in [0, 0.05) is 6.42 Å². The van der Waals surface area contributed by atoms with Crippen molar-refractivity contribution in [2.24, 2.45) is 0 Å². The molecule has 0 saturated carbocycles. The molecule has 1 amide bonds. The number of carbonyl (C=O) groups excluding carboxylic acids is 1. The number of phosphoric acid groups is 1. The third-order valence-electron chi connectivity index (χ3n) is 11.8. The van der Waals surface area contributed by atoms with Crippen LogP contribution < -0.4 is 5.32 Å². The summed E-state index contributed by atoms with van der Waals surface area (Å²) in [6.45, 7) is 4.68. The van der Waals surface area contributed by atoms with Gasteiger partial charge < -0.3 is 19.8 Å². The Hall–Kier alpha value is -2.58. The molecule has 0 aromatic rings. The standard InChI is InChI=1S/C59H105N2O6P/c1-6-8-10-12-14-16-18-20-21-22-23-24-25-26-27-28-29-30-31-32-33-34-35-36-37-38-39-41-43-45-47-49-51-53-59(63)60-57(56-67-68(64,65)66-55-54-61(3,4)5)58(62)52-50-48-46-44-42-40-19-17-15-13-11-9-7-2/h8,10,14,16,20-21,23-24,26-27,29-30,32-33,50,52,57-58,62H,6-7,9,11-13,15,17-19,22,25,28,31,34-49,51,53-56H2,1-5H3,(H-,60,63,64,65)/p+1/b10-8-,16-14-,21-20-,24-23-,27-26-,30-29-,33-32-,52-50+. The number of hydrogen-bond acceptors (Lipinski definition) is 5. The molecular weight excluding hydrogens is 864 g/mol. The van der Waals surface area contributed by atoms with Crippen molar-refractivity contribution in [3.05, 3.63) is 97.2 Å². The summed E-state index contributed by atoms with van der Waals surface area (Å²) in [6, 6.07) is -0.853. The Bertz CT molecular complexity index is 1420. The van der Waals surface area contributed by atoms with Crippen molar-refractivity contribution in [1.82, 2.24) is 5.32 Å². The Morgan fingerprint density at radius 3 is 1.29 bits per heavy atom. The average molecular weight is 970 g/mol. The SMILES string of the molecule is CC/C=C\C/C=C\C/C=C\C/C=C\C/C=C\C/C=C\C/C=C\CCCCCCCCCCCCCC(=O)NC(COP(=O)(O)OCC[N+](C)(C)C)C(O)/C=C/CCCCCCCCCCCCC. The molecule has 9 heteroatoms. The van der Waals surface area contributed by atoms with Gasteiger partial charge in [0.05, 0.1) is 39.9 Å². The van der Waals surface area contributed by atoms with Crippen LogP contribution in [0.15, 0.2) is 97.2 Å². The van der Waals surface area contributed by atoms with Gasteiger partial charge in [-0.15, -0.1) is 0 Å². The topological polar surface area (TPSA) is 105 Å². The molecule has 3 atom stereocenters. The molecule has 0 radical (unpaired) electrons. The van der Waals surface area contributed by atoms with Gasteiger partial charge in [0.25, 0.3) is 0 Å². The fourth-order valence-electron chi connectivity index (χ4n) is 7.49. The number of aliphatic hydroxyl groups is 1. The molecule has 0 aromatic carbocycles. The van der Waals surface area contributed by atoms with E-state index in [4.69, 9.17) is 9.05 Å². The molecule has 3 unspecified atom stereocenters. The van der Waals surface area contributed by atoms with Crippen LogP contribution in [0.4, 0.5) is 0 Å². The van der Waals surface area contributed by atoms with Gasteiger partial charge in [-0.2, -0.15) is 0 Å². The molecule has 0 aliphatic carbocycles. The summed E-state index contributed by atoms with van der Waals surface area (Å²) in [6.07, 6.45) is 70.7. The first-order valence-corrected chi connectivity index (χ1v) is 29.1. The van der Waals surface area contributed by atoms with Crippen LogP contribution in [-0.4, -0.2) is 73.4 Å². The Labute approximate surface area is 419 Å². The number of aliphatic hydroxyl groups excluding tert-OH is 1. The van der Waals surface area contributed by atoms with Gasteiger partial charge >= 0.3 is 7.82 Å². The summed E-state index contributed by atoms with van der Waals surface area (Å²) >= 11 is 0. The molecule has 0 spiro atoms. The number of hydrogen-bond donors (Lipinski definition) is 3. The van der Waals surface area contributed by atoms with Crippen molar-refractivity contribution in [2.45, 2.75) is 231 Å². The van der Waals surface area contributed by atoms with Gasteiger partial charge in [-0.25, -0.2) is 4.57 Å². The van der Waals surface area contributed by atoms with Gasteiger partial charge in [0.15, 0.2) is 0 Å². The number of allylic oxidation sites excluding steroid dienone is 15. The van der Waals surface area contributed by atoms with Crippen molar-refractivity contribution >= 4 is 13.7 Å². The summed E-state index contributed by atoms with van der Waals surface area (Å²) in [4.78, 5) is 23.2. The van der Waals surface area contributed by atoms with Crippen molar-refractivity contribution in [3.63, 3.8) is 0 Å². The molecule has 0 aliphatic heterocycles. The average Bonchev–Trinajstić information content (AvgIpc) is 3.30. The minimum absolute atomic E-state index is 0.0570. The van der Waals surface area contributed by atoms with Crippen LogP contribution in [-0.2, 0) is 18.4 Å². The fraction of sp³-hybridized carbons (Fsp3) is 0.712. The second-order valence-electron chi connectivity index (χ2n) is 19.6. The summed E-state index contributed by atoms with van der Waals surface area (Å²) in [7, 11) is 1.56. The minimum atomic E-state index is -4.35. The van der Waals surface area contributed by atoms with Crippen LogP contribution in [0.3, 0.4) is 0 Å². The van der Waals surface area contributed by atoms with Crippen molar-refractivity contribution in [3.8, 4) is 0 Å². The predicted octanol–water partition coefficient (Wildman–Crippen LogP) is 16.6. The van der Waals surface area contributed by atoms with Crippen LogP contribution in [0.1, 0.15) is 219 Å². The van der Waals surface area contributed by atoms with Crippen molar-refractivity contribution < 1.29 is 32.9 Å². The number of rotatable bonds is 49. The second kappa shape index (κ2) is 49.4. The lowest BCUT2D eigenvalue weighted by Crippen LogP contribution is -2.45. The van der Waals surface area contributed by atoms with E-state index >= 15 is 0 Å². The Morgan fingerprint density at radius 1 is 0.515 bits per heavy atom. The van der Waals surface area contributed by atoms with Gasteiger partial charge in [-0.05, 0) is 77.0 Å². The van der Waals surface area contributed by atoms with Crippen LogP contribution in [0.25, 0.3) is 0 Å². The van der Waals surface area contributed by atoms with E-state index < -0.39 is 20.0 Å². The highest BCUT2D eigenvalue weighted by molar-refractivity contribution is 7.47. The molecule has 0 bridgehead atoms. The molecule has 0 aliphatic rings. The van der Waals surface area contributed by atoms with Crippen LogP contribution >= 0.6 is 7.82 Å². The van der Waals surface area contributed by atoms with Gasteiger partial charge in [-0.1, -0.05) is 233 Å². The maximum Gasteiger partial charge on any atom is 0.472 e. The number of likely N-dealkylation sites (N-methyl/N-ethyl adjacent to an activating group) is 1. The lowest BCUT2D eigenvalue weighted by molar-refractivity contribution is -0.870. The first-order chi connectivity index (χ1) is 33.0. The zero-order valence-corrected chi connectivity index (χ0v) is 45.5. The number of nitrogens with zero attached hydrogens (tertiary/aromatic N) is 1. The Morgan fingerprint density at radius 2 is 0.882 bits per heavy atom. The summed E-state index contributed by atoms with van der Waals surface area (Å²) in [5.41, 5.74) is 0. The number of unbranched alkanes of at least 4 members (excludes halogenated alkanes) is 22. The molecule has 8 nitrogen and oxygen atoms in total. The van der Waals surface area contributed by atoms with E-state index in [1.54, 1.807) is 6.08 Å². The zero-order chi connectivity index (χ0) is 49.9. The van der Waals surface area contributed by atoms with E-state index in [-0.39, 0.29) is 19.1 Å². The minimum Gasteiger partial charge on any atom is -0.387 e. The molecule has 3 N–H and O–H groups in total. The molecule has 0 heterocycles. The Kier molecular flexibility index (Phi) is 47.5. The molecule has 0 aromatic heterocycles. The molecule has 0 saturated heterocycles. The monoisotopic (exact) mass is 970 g/mol. The smallest absolute Gasteiger partial charge is 0.387 e. The number of nitrogens with one attached hydrogen (secondary N) is 1. The highest BCUT2D eigenvalue weighted by Crippen LogP contribution is 2.43. The number of phosphoric ester groups is 1. The van der Waals surface area contributed by atoms with Gasteiger partial charge in [0.2, 0.25) is 5.91 Å². The van der Waals surface area contributed by atoms with Crippen molar-refractivity contribution in [1.29, 1.82) is 0 Å². The molecular formula is C59H106N2O6P+. The van der Waals surface area contributed by atoms with E-state index in [1.165, 1.54) is 116 Å². The first-order valence-electron chi connectivity index (χ1n) is 27.6. The first kappa shape index (κ1) is 65.4. The molecule has 392 valence electrons. The molecule has 0 rings (SSSR count).